The van der Waals surface area contributed by atoms with E-state index in [4.69, 9.17) is 4.74 Å². The number of carbonyl (C=O) groups excluding carboxylic acids is 2. The zero-order valence-corrected chi connectivity index (χ0v) is 22.0. The van der Waals surface area contributed by atoms with Gasteiger partial charge in [-0.1, -0.05) is 6.92 Å². The van der Waals surface area contributed by atoms with E-state index in [-0.39, 0.29) is 31.3 Å². The highest BCUT2D eigenvalue weighted by Crippen LogP contribution is 2.19. The van der Waals surface area contributed by atoms with Crippen LogP contribution in [0.25, 0.3) is 0 Å². The van der Waals surface area contributed by atoms with Crippen LogP contribution in [0.15, 0.2) is 24.3 Å². The van der Waals surface area contributed by atoms with E-state index in [0.29, 0.717) is 43.3 Å². The SMILES string of the molecule is CCCS(=O)(=O)N1CCN([C@@H](CNC(=O)c2ccc(OCC3CCN(C)CC3)cc2)C(=O)NO)CC1. The Morgan fingerprint density at radius 2 is 1.72 bits per heavy atom. The third kappa shape index (κ3) is 7.87. The van der Waals surface area contributed by atoms with Crippen LogP contribution >= 0.6 is 0 Å². The van der Waals surface area contributed by atoms with Gasteiger partial charge in [0.15, 0.2) is 0 Å². The number of hydroxylamine groups is 1. The Morgan fingerprint density at radius 3 is 2.31 bits per heavy atom. The standard InChI is InChI=1S/C24H39N5O6S/c1-3-16-36(33,34)29-14-12-28(13-15-29)22(24(31)26-32)17-25-23(30)20-4-6-21(7-5-20)35-18-19-8-10-27(2)11-9-19/h4-7,19,22,32H,3,8-18H2,1-2H3,(H,25,30)(H,26,31)/t22-/m0/s1. The fourth-order valence-electron chi connectivity index (χ4n) is 4.58. The van der Waals surface area contributed by atoms with Crippen LogP contribution < -0.4 is 15.5 Å². The molecule has 2 saturated heterocycles. The van der Waals surface area contributed by atoms with Crippen LogP contribution in [0.4, 0.5) is 0 Å². The number of sulfonamides is 1. The van der Waals surface area contributed by atoms with Crippen molar-refractivity contribution in [2.75, 3.05) is 65.2 Å². The van der Waals surface area contributed by atoms with Crippen molar-refractivity contribution < 1.29 is 28.0 Å². The van der Waals surface area contributed by atoms with E-state index in [0.717, 1.165) is 25.9 Å². The predicted molar refractivity (Wildman–Crippen MR) is 135 cm³/mol. The van der Waals surface area contributed by atoms with Gasteiger partial charge >= 0.3 is 0 Å². The Labute approximate surface area is 213 Å². The molecule has 3 rings (SSSR count). The second kappa shape index (κ2) is 13.3. The van der Waals surface area contributed by atoms with Crippen molar-refractivity contribution in [3.8, 4) is 5.75 Å². The predicted octanol–water partition coefficient (Wildman–Crippen LogP) is 0.368. The summed E-state index contributed by atoms with van der Waals surface area (Å²) in [6.45, 7) is 5.75. The molecule has 2 heterocycles. The largest absolute Gasteiger partial charge is 0.493 e. The first-order chi connectivity index (χ1) is 17.2. The molecule has 2 fully saturated rings. The van der Waals surface area contributed by atoms with Gasteiger partial charge in [0.25, 0.3) is 11.8 Å². The van der Waals surface area contributed by atoms with Gasteiger partial charge < -0.3 is 15.0 Å². The lowest BCUT2D eigenvalue weighted by Crippen LogP contribution is -2.58. The fraction of sp³-hybridized carbons (Fsp3) is 0.667. The van der Waals surface area contributed by atoms with E-state index in [1.165, 1.54) is 4.31 Å². The molecule has 0 saturated carbocycles. The minimum Gasteiger partial charge on any atom is -0.493 e. The van der Waals surface area contributed by atoms with Gasteiger partial charge in [-0.05, 0) is 69.6 Å². The summed E-state index contributed by atoms with van der Waals surface area (Å²) in [6.07, 6.45) is 2.77. The van der Waals surface area contributed by atoms with Gasteiger partial charge in [0.1, 0.15) is 11.8 Å². The summed E-state index contributed by atoms with van der Waals surface area (Å²) in [5, 5.41) is 11.9. The van der Waals surface area contributed by atoms with Crippen LogP contribution in [0.3, 0.4) is 0 Å². The number of nitrogens with one attached hydrogen (secondary N) is 2. The van der Waals surface area contributed by atoms with Crippen molar-refractivity contribution >= 4 is 21.8 Å². The lowest BCUT2D eigenvalue weighted by Gasteiger charge is -2.37. The number of likely N-dealkylation sites (tertiary alicyclic amines) is 1. The maximum absolute atomic E-state index is 12.7. The first-order valence-corrected chi connectivity index (χ1v) is 14.2. The van der Waals surface area contributed by atoms with E-state index in [1.54, 1.807) is 34.6 Å². The van der Waals surface area contributed by atoms with Crippen molar-refractivity contribution in [1.82, 2.24) is 24.9 Å². The molecule has 1 aromatic rings. The molecule has 0 aliphatic carbocycles. The zero-order chi connectivity index (χ0) is 26.1. The molecule has 2 amide bonds. The Morgan fingerprint density at radius 1 is 1.08 bits per heavy atom. The van der Waals surface area contributed by atoms with Crippen LogP contribution in [0.5, 0.6) is 5.75 Å². The summed E-state index contributed by atoms with van der Waals surface area (Å²) >= 11 is 0. The van der Waals surface area contributed by atoms with Gasteiger partial charge in [0.2, 0.25) is 10.0 Å². The molecule has 12 heteroatoms. The summed E-state index contributed by atoms with van der Waals surface area (Å²) in [6, 6.07) is 6.05. The first-order valence-electron chi connectivity index (χ1n) is 12.6. The molecule has 1 atom stereocenters. The quantitative estimate of drug-likeness (QED) is 0.279. The molecule has 0 radical (unpaired) electrons. The third-order valence-corrected chi connectivity index (χ3v) is 8.95. The zero-order valence-electron chi connectivity index (χ0n) is 21.2. The van der Waals surface area contributed by atoms with E-state index in [1.807, 2.05) is 6.92 Å². The molecule has 202 valence electrons. The topological polar surface area (TPSA) is 132 Å². The lowest BCUT2D eigenvalue weighted by atomic mass is 9.98. The van der Waals surface area contributed by atoms with E-state index in [9.17, 15) is 23.2 Å². The van der Waals surface area contributed by atoms with Gasteiger partial charge in [0, 0.05) is 38.3 Å². The van der Waals surface area contributed by atoms with Crippen LogP contribution in [-0.2, 0) is 14.8 Å². The smallest absolute Gasteiger partial charge is 0.262 e. The average Bonchev–Trinajstić information content (AvgIpc) is 2.88. The van der Waals surface area contributed by atoms with E-state index >= 15 is 0 Å². The number of hydrogen-bond donors (Lipinski definition) is 3. The lowest BCUT2D eigenvalue weighted by molar-refractivity contribution is -0.135. The summed E-state index contributed by atoms with van der Waals surface area (Å²) in [7, 11) is -1.19. The number of hydrogen-bond acceptors (Lipinski definition) is 8. The normalized spacial score (nSPS) is 19.5. The van der Waals surface area contributed by atoms with E-state index < -0.39 is 22.0 Å². The highest BCUT2D eigenvalue weighted by molar-refractivity contribution is 7.89. The number of ether oxygens (including phenoxy) is 1. The molecule has 1 aromatic carbocycles. The summed E-state index contributed by atoms with van der Waals surface area (Å²) < 4.78 is 31.9. The molecule has 0 bridgehead atoms. The second-order valence-electron chi connectivity index (χ2n) is 9.53. The van der Waals surface area contributed by atoms with Crippen molar-refractivity contribution in [3.05, 3.63) is 29.8 Å². The van der Waals surface area contributed by atoms with Crippen molar-refractivity contribution in [2.45, 2.75) is 32.2 Å². The van der Waals surface area contributed by atoms with E-state index in [2.05, 4.69) is 17.3 Å². The molecule has 2 aliphatic heterocycles. The fourth-order valence-corrected chi connectivity index (χ4v) is 6.07. The number of rotatable bonds is 11. The maximum atomic E-state index is 12.7. The molecule has 2 aliphatic rings. The minimum atomic E-state index is -3.31. The maximum Gasteiger partial charge on any atom is 0.262 e. The average molecular weight is 526 g/mol. The molecular formula is C24H39N5O6S. The van der Waals surface area contributed by atoms with Crippen LogP contribution in [0.1, 0.15) is 36.5 Å². The highest BCUT2D eigenvalue weighted by atomic mass is 32.2. The highest BCUT2D eigenvalue weighted by Gasteiger charge is 2.32. The Balaban J connectivity index is 1.49. The molecule has 0 spiro atoms. The molecule has 3 N–H and O–H groups in total. The molecule has 36 heavy (non-hydrogen) atoms. The number of nitrogens with zero attached hydrogens (tertiary/aromatic N) is 3. The first kappa shape index (κ1) is 28.3. The second-order valence-corrected chi connectivity index (χ2v) is 11.6. The molecular weight excluding hydrogens is 486 g/mol. The van der Waals surface area contributed by atoms with Crippen molar-refractivity contribution in [3.63, 3.8) is 0 Å². The number of piperazine rings is 1. The summed E-state index contributed by atoms with van der Waals surface area (Å²) in [5.74, 6) is 0.326. The van der Waals surface area contributed by atoms with Gasteiger partial charge in [-0.3, -0.25) is 19.7 Å². The Hall–Kier alpha value is -2.25. The monoisotopic (exact) mass is 525 g/mol. The van der Waals surface area contributed by atoms with Crippen LogP contribution in [-0.4, -0.2) is 111 Å². The third-order valence-electron chi connectivity index (χ3n) is 6.88. The van der Waals surface area contributed by atoms with Crippen LogP contribution in [0.2, 0.25) is 0 Å². The molecule has 0 aromatic heterocycles. The minimum absolute atomic E-state index is 0.0265. The molecule has 0 unspecified atom stereocenters. The number of amides is 2. The molecule has 11 nitrogen and oxygen atoms in total. The van der Waals surface area contributed by atoms with Crippen molar-refractivity contribution in [2.24, 2.45) is 5.92 Å². The van der Waals surface area contributed by atoms with Gasteiger partial charge in [-0.2, -0.15) is 4.31 Å². The van der Waals surface area contributed by atoms with Crippen molar-refractivity contribution in [1.29, 1.82) is 0 Å². The van der Waals surface area contributed by atoms with Crippen LogP contribution in [0, 0.1) is 5.92 Å². The number of benzene rings is 1. The number of carbonyl (C=O) groups is 2. The van der Waals surface area contributed by atoms with Gasteiger partial charge in [-0.15, -0.1) is 0 Å². The number of piperidine rings is 1. The summed E-state index contributed by atoms with van der Waals surface area (Å²) in [4.78, 5) is 29.1. The van der Waals surface area contributed by atoms with Gasteiger partial charge in [0.05, 0.1) is 12.4 Å². The van der Waals surface area contributed by atoms with Gasteiger partial charge in [-0.25, -0.2) is 13.9 Å². The Bertz CT molecular complexity index is 958. The Kier molecular flexibility index (Phi) is 10.5. The summed E-state index contributed by atoms with van der Waals surface area (Å²) in [5.41, 5.74) is 2.09.